The molecule has 0 aliphatic carbocycles. The molecule has 140 valence electrons. The van der Waals surface area contributed by atoms with Crippen molar-refractivity contribution in [1.82, 2.24) is 25.5 Å². The van der Waals surface area contributed by atoms with Crippen LogP contribution in [0.2, 0.25) is 0 Å². The van der Waals surface area contributed by atoms with Gasteiger partial charge in [-0.2, -0.15) is 4.68 Å². The summed E-state index contributed by atoms with van der Waals surface area (Å²) in [6, 6.07) is 14.0. The van der Waals surface area contributed by atoms with Gasteiger partial charge in [0.25, 0.3) is 0 Å². The van der Waals surface area contributed by atoms with Gasteiger partial charge in [0.15, 0.2) is 0 Å². The van der Waals surface area contributed by atoms with Crippen molar-refractivity contribution in [2.75, 3.05) is 7.11 Å². The maximum atomic E-state index is 12.5. The summed E-state index contributed by atoms with van der Waals surface area (Å²) in [5.41, 5.74) is 1.60. The maximum Gasteiger partial charge on any atom is 0.233 e. The topological polar surface area (TPSA) is 102 Å². The van der Waals surface area contributed by atoms with E-state index < -0.39 is 5.25 Å². The maximum absolute atomic E-state index is 12.5. The van der Waals surface area contributed by atoms with Crippen molar-refractivity contribution in [3.8, 4) is 17.2 Å². The number of tetrazole rings is 1. The average Bonchev–Trinajstić information content (AvgIpc) is 3.14. The van der Waals surface area contributed by atoms with Crippen molar-refractivity contribution in [3.63, 3.8) is 0 Å². The first kappa shape index (κ1) is 18.7. The molecule has 0 bridgehead atoms. The molecular formula is C18H19N5O3S. The number of phenolic OH excluding ortho intramolecular Hbond substituents is 1. The number of ether oxygens (including phenoxy) is 1. The predicted molar refractivity (Wildman–Crippen MR) is 101 cm³/mol. The van der Waals surface area contributed by atoms with E-state index in [-0.39, 0.29) is 11.7 Å². The molecule has 2 aromatic carbocycles. The Labute approximate surface area is 160 Å². The fourth-order valence-electron chi connectivity index (χ4n) is 2.39. The van der Waals surface area contributed by atoms with Gasteiger partial charge in [-0.15, -0.1) is 5.10 Å². The predicted octanol–water partition coefficient (Wildman–Crippen LogP) is 2.17. The highest BCUT2D eigenvalue weighted by Gasteiger charge is 2.19. The van der Waals surface area contributed by atoms with E-state index >= 15 is 0 Å². The second kappa shape index (κ2) is 8.54. The van der Waals surface area contributed by atoms with Crippen LogP contribution in [0.5, 0.6) is 11.5 Å². The number of rotatable bonds is 7. The summed E-state index contributed by atoms with van der Waals surface area (Å²) in [6.07, 6.45) is 0. The molecule has 1 amide bonds. The Hall–Kier alpha value is -3.07. The molecule has 0 saturated heterocycles. The molecule has 8 nitrogen and oxygen atoms in total. The molecule has 0 aliphatic heterocycles. The molecule has 0 saturated carbocycles. The molecule has 1 atom stereocenters. The lowest BCUT2D eigenvalue weighted by molar-refractivity contribution is -0.120. The van der Waals surface area contributed by atoms with Crippen molar-refractivity contribution >= 4 is 17.7 Å². The summed E-state index contributed by atoms with van der Waals surface area (Å²) in [7, 11) is 1.60. The van der Waals surface area contributed by atoms with Crippen molar-refractivity contribution in [3.05, 3.63) is 54.1 Å². The van der Waals surface area contributed by atoms with E-state index in [2.05, 4.69) is 20.8 Å². The van der Waals surface area contributed by atoms with Gasteiger partial charge in [-0.1, -0.05) is 30.0 Å². The second-order valence-corrected chi connectivity index (χ2v) is 6.99. The van der Waals surface area contributed by atoms with Gasteiger partial charge in [0.05, 0.1) is 18.0 Å². The van der Waals surface area contributed by atoms with Crippen LogP contribution in [0.4, 0.5) is 0 Å². The minimum absolute atomic E-state index is 0.133. The Morgan fingerprint density at radius 1 is 1.26 bits per heavy atom. The number of thioether (sulfide) groups is 1. The number of carbonyl (C=O) groups is 1. The number of nitrogens with one attached hydrogen (secondary N) is 1. The zero-order valence-electron chi connectivity index (χ0n) is 14.9. The molecular weight excluding hydrogens is 366 g/mol. The normalized spacial score (nSPS) is 11.8. The highest BCUT2D eigenvalue weighted by Crippen LogP contribution is 2.24. The number of benzene rings is 2. The van der Waals surface area contributed by atoms with E-state index in [1.165, 1.54) is 16.4 Å². The first-order valence-corrected chi connectivity index (χ1v) is 9.10. The summed E-state index contributed by atoms with van der Waals surface area (Å²) in [4.78, 5) is 12.5. The van der Waals surface area contributed by atoms with Crippen molar-refractivity contribution < 1.29 is 14.6 Å². The molecule has 2 N–H and O–H groups in total. The van der Waals surface area contributed by atoms with Gasteiger partial charge < -0.3 is 15.2 Å². The highest BCUT2D eigenvalue weighted by atomic mass is 32.2. The molecule has 0 fully saturated rings. The van der Waals surface area contributed by atoms with E-state index in [4.69, 9.17) is 4.74 Å². The second-order valence-electron chi connectivity index (χ2n) is 5.68. The van der Waals surface area contributed by atoms with Crippen LogP contribution in [0.15, 0.2) is 53.7 Å². The molecule has 0 spiro atoms. The molecule has 1 heterocycles. The third-order valence-corrected chi connectivity index (χ3v) is 4.87. The summed E-state index contributed by atoms with van der Waals surface area (Å²) in [5, 5.41) is 24.0. The van der Waals surface area contributed by atoms with E-state index in [1.807, 2.05) is 24.3 Å². The molecule has 27 heavy (non-hydrogen) atoms. The number of phenols is 1. The Kier molecular flexibility index (Phi) is 5.92. The summed E-state index contributed by atoms with van der Waals surface area (Å²) >= 11 is 1.25. The third-order valence-electron chi connectivity index (χ3n) is 3.83. The number of nitrogens with zero attached hydrogens (tertiary/aromatic N) is 4. The Balaban J connectivity index is 1.64. The zero-order chi connectivity index (χ0) is 19.2. The van der Waals surface area contributed by atoms with E-state index in [9.17, 15) is 9.90 Å². The standard InChI is InChI=1S/C18H19N5O3S/c1-12(17(25)19-11-13-5-3-4-6-16(13)26-2)27-18-20-21-22-23(18)14-7-9-15(24)10-8-14/h3-10,12,24H,11H2,1-2H3,(H,19,25)/t12-/m1/s1. The fraction of sp³-hybridized carbons (Fsp3) is 0.222. The number of para-hydroxylation sites is 1. The molecule has 0 aliphatic rings. The Morgan fingerprint density at radius 3 is 2.74 bits per heavy atom. The van der Waals surface area contributed by atoms with Crippen LogP contribution in [0.25, 0.3) is 5.69 Å². The van der Waals surface area contributed by atoms with Crippen LogP contribution in [0.1, 0.15) is 12.5 Å². The van der Waals surface area contributed by atoms with Gasteiger partial charge in [-0.3, -0.25) is 4.79 Å². The molecule has 1 aromatic heterocycles. The Bertz CT molecular complexity index is 913. The van der Waals surface area contributed by atoms with E-state index in [0.717, 1.165) is 11.3 Å². The summed E-state index contributed by atoms with van der Waals surface area (Å²) < 4.78 is 6.81. The number of hydrogen-bond acceptors (Lipinski definition) is 7. The average molecular weight is 385 g/mol. The smallest absolute Gasteiger partial charge is 0.233 e. The van der Waals surface area contributed by atoms with Crippen molar-refractivity contribution in [2.24, 2.45) is 0 Å². The highest BCUT2D eigenvalue weighted by molar-refractivity contribution is 8.00. The molecule has 0 unspecified atom stereocenters. The van der Waals surface area contributed by atoms with Gasteiger partial charge in [-0.05, 0) is 47.7 Å². The minimum Gasteiger partial charge on any atom is -0.508 e. The number of amides is 1. The monoisotopic (exact) mass is 385 g/mol. The van der Waals surface area contributed by atoms with Crippen molar-refractivity contribution in [2.45, 2.75) is 23.9 Å². The SMILES string of the molecule is COc1ccccc1CNC(=O)[C@@H](C)Sc1nnnn1-c1ccc(O)cc1. The van der Waals surface area contributed by atoms with Crippen LogP contribution >= 0.6 is 11.8 Å². The minimum atomic E-state index is -0.401. The van der Waals surface area contributed by atoms with Gasteiger partial charge in [0.2, 0.25) is 11.1 Å². The Morgan fingerprint density at radius 2 is 2.00 bits per heavy atom. The lowest BCUT2D eigenvalue weighted by atomic mass is 10.2. The first-order valence-electron chi connectivity index (χ1n) is 8.22. The van der Waals surface area contributed by atoms with Gasteiger partial charge in [0, 0.05) is 12.1 Å². The van der Waals surface area contributed by atoms with Gasteiger partial charge in [-0.25, -0.2) is 0 Å². The van der Waals surface area contributed by atoms with Gasteiger partial charge >= 0.3 is 0 Å². The quantitative estimate of drug-likeness (QED) is 0.601. The third kappa shape index (κ3) is 4.56. The molecule has 3 aromatic rings. The number of carbonyl (C=O) groups excluding carboxylic acids is 1. The number of hydrogen-bond donors (Lipinski definition) is 2. The lowest BCUT2D eigenvalue weighted by Crippen LogP contribution is -2.30. The molecule has 3 rings (SSSR count). The van der Waals surface area contributed by atoms with Crippen molar-refractivity contribution in [1.29, 1.82) is 0 Å². The number of aromatic nitrogens is 4. The molecule has 0 radical (unpaired) electrons. The molecule has 9 heteroatoms. The van der Waals surface area contributed by atoms with Crippen LogP contribution in [0.3, 0.4) is 0 Å². The summed E-state index contributed by atoms with van der Waals surface area (Å²) in [5.74, 6) is 0.755. The largest absolute Gasteiger partial charge is 0.508 e. The number of aromatic hydroxyl groups is 1. The van der Waals surface area contributed by atoms with Crippen LogP contribution in [-0.4, -0.2) is 43.6 Å². The summed E-state index contributed by atoms with van der Waals surface area (Å²) in [6.45, 7) is 2.16. The van der Waals surface area contributed by atoms with Crippen LogP contribution < -0.4 is 10.1 Å². The van der Waals surface area contributed by atoms with Gasteiger partial charge in [0.1, 0.15) is 11.5 Å². The fourth-order valence-corrected chi connectivity index (χ4v) is 3.23. The van der Waals surface area contributed by atoms with E-state index in [1.54, 1.807) is 38.3 Å². The number of methoxy groups -OCH3 is 1. The van der Waals surface area contributed by atoms with Crippen LogP contribution in [-0.2, 0) is 11.3 Å². The zero-order valence-corrected chi connectivity index (χ0v) is 15.7. The van der Waals surface area contributed by atoms with Crippen LogP contribution in [0, 0.1) is 0 Å². The lowest BCUT2D eigenvalue weighted by Gasteiger charge is -2.13. The first-order chi connectivity index (χ1) is 13.1. The van der Waals surface area contributed by atoms with E-state index in [0.29, 0.717) is 17.4 Å².